The van der Waals surface area contributed by atoms with E-state index in [2.05, 4.69) is 151 Å². The summed E-state index contributed by atoms with van der Waals surface area (Å²) >= 11 is 3.43. The number of benzene rings is 4. The zero-order valence-corrected chi connectivity index (χ0v) is 94.1. The largest absolute Gasteiger partial charge is 0.390 e. The molecule has 1 unspecified atom stereocenters. The molecule has 12 saturated carbocycles. The van der Waals surface area contributed by atoms with Crippen molar-refractivity contribution in [3.8, 4) is 0 Å². The molecule has 16 aliphatic carbocycles. The van der Waals surface area contributed by atoms with Gasteiger partial charge in [-0.05, 0) is 515 Å². The first-order valence-electron chi connectivity index (χ1n) is 58.2. The lowest BCUT2D eigenvalue weighted by atomic mass is 9.46. The van der Waals surface area contributed by atoms with Gasteiger partial charge in [0.15, 0.2) is 0 Å². The second kappa shape index (κ2) is 48.2. The van der Waals surface area contributed by atoms with Gasteiger partial charge in [0.25, 0.3) is 0 Å². The molecule has 7 N–H and O–H groups in total. The number of allylic oxidation sites excluding steroid dienone is 4. The molecule has 0 saturated heterocycles. The van der Waals surface area contributed by atoms with Gasteiger partial charge in [0, 0.05) is 29.3 Å². The SMILES string of the molecule is C.C.CC[C@]1(O)CC[C@@]2(C)C(=CC[C@H]3[C@@H]4CC[C@H]([C@H](C)CCC(O)c5ccc(F)cc5)[C@@]4(C)CC[C@@H]32)C1.CC[C@]1(O)CC[C@@]2(C)C(=CC[C@H]3[C@@H]4CC[C@H]([C@H](C)CCC=O)[C@@]4(C)CC[C@@H]32)C1.CC[C@]1(O)CC[C@@]2(C)C(=CC[C@H]3[C@@H]4CC[C@H]([C@H](C)CC[C@@H](O)c5ccc(F)cc5)[C@@]4(C)CC[C@@H]32)C1.CC[C@]1(O)CC[C@@]2(C)C(=CC[C@H]3[C@@H]4CC[C@H]([C@H](C)CC[C@H](O)c5ccc(F)cc5)[C@@]4(C)CC[C@@H]32)C1.CSF.Fc1ccc(Br)cc1. The molecule has 0 aliphatic heterocycles. The number of aldehydes is 1. The van der Waals surface area contributed by atoms with Crippen LogP contribution in [-0.4, -0.2) is 70.7 Å². The maximum absolute atomic E-state index is 13.3. The highest BCUT2D eigenvalue weighted by atomic mass is 79.9. The molecule has 4 aromatic carbocycles. The molecule has 15 heteroatoms. The molecule has 0 aromatic heterocycles. The third-order valence-electron chi connectivity index (χ3n) is 46.7. The summed E-state index contributed by atoms with van der Waals surface area (Å²) in [6.07, 6.45) is 60.2. The van der Waals surface area contributed by atoms with Crippen LogP contribution in [0.25, 0.3) is 0 Å². The normalized spacial score (nSPS) is 40.5. The van der Waals surface area contributed by atoms with Crippen LogP contribution in [0.5, 0.6) is 0 Å². The van der Waals surface area contributed by atoms with Gasteiger partial charge in [0.2, 0.25) is 0 Å². The zero-order valence-electron chi connectivity index (χ0n) is 91.7. The minimum atomic E-state index is -0.506. The van der Waals surface area contributed by atoms with Crippen molar-refractivity contribution in [3.05, 3.63) is 188 Å². The molecule has 8 nitrogen and oxygen atoms in total. The zero-order chi connectivity index (χ0) is 104. The number of halogens is 6. The number of aliphatic hydroxyl groups is 7. The van der Waals surface area contributed by atoms with Gasteiger partial charge in [-0.3, -0.25) is 0 Å². The molecule has 0 radical (unpaired) electrons. The first-order chi connectivity index (χ1) is 68.3. The molecule has 0 amide bonds. The molecule has 818 valence electrons. The highest BCUT2D eigenvalue weighted by Crippen LogP contribution is 2.74. The van der Waals surface area contributed by atoms with Gasteiger partial charge in [0.05, 0.1) is 40.7 Å². The van der Waals surface area contributed by atoms with E-state index in [-0.39, 0.29) is 66.5 Å². The molecule has 12 fully saturated rings. The summed E-state index contributed by atoms with van der Waals surface area (Å²) < 4.78 is 62.9. The van der Waals surface area contributed by atoms with Gasteiger partial charge in [-0.25, -0.2) is 17.6 Å². The van der Waals surface area contributed by atoms with E-state index >= 15 is 0 Å². The fourth-order valence-electron chi connectivity index (χ4n) is 37.3. The number of carbonyl (C=O) groups is 1. The number of aliphatic hydroxyl groups excluding tert-OH is 3. The predicted molar refractivity (Wildman–Crippen MR) is 598 cm³/mol. The Labute approximate surface area is 895 Å². The highest BCUT2D eigenvalue weighted by Gasteiger charge is 2.66. The summed E-state index contributed by atoms with van der Waals surface area (Å²) in [5.74, 6) is 14.1. The summed E-state index contributed by atoms with van der Waals surface area (Å²) in [7, 11) is 0. The average molecular weight is 2110 g/mol. The number of hydrogen-bond acceptors (Lipinski definition) is 9. The molecule has 146 heavy (non-hydrogen) atoms. The Hall–Kier alpha value is -4.29. The topological polar surface area (TPSA) is 159 Å². The van der Waals surface area contributed by atoms with E-state index in [1.165, 1.54) is 190 Å². The van der Waals surface area contributed by atoms with Gasteiger partial charge in [0.1, 0.15) is 29.6 Å². The van der Waals surface area contributed by atoms with Crippen molar-refractivity contribution in [2.45, 2.75) is 449 Å². The lowest BCUT2D eigenvalue weighted by molar-refractivity contribution is -0.108. The number of carbonyl (C=O) groups excluding carboxylic acids is 1. The van der Waals surface area contributed by atoms with E-state index in [4.69, 9.17) is 0 Å². The molecule has 4 aromatic rings. The number of hydrogen-bond donors (Lipinski definition) is 7. The standard InChI is InChI=1S/3C32H47FO2.C26H42O2.C6H4BrF.CH3FS.2CH4/c3*1-5-32(35)19-18-30(3)23(20-32)9-12-25-27-14-13-26(31(27,4)17-16-28(25)30)21(2)6-15-29(34)22-7-10-24(33)11-8-22;1-5-26(28)15-14-24(3)19(17-26)8-9-20-22-11-10-21(18(2)7-6-16-27)25(22,4)13-12-23(20)24;7-5-1-3-6(8)4-2-5;1-3-2;;/h3*7-11,21,25-29,34-35H,5-6,12-20H2,1-4H3;8,16,18,20-23,28H,5-7,9-15,17H2,1-4H3;1-4H;1H3;2*1H4/t21-,25+,26-,27+,28+,29?,30+,31-,32+;21-,25+,26-,27+,28+,29+,30+,31-,32+;21-,25+,26-,27+,28+,29-,30+,31-,32+;18-,20+,21-,22+,23+,24+,25-,26+;;;;/m1111..../s1. The van der Waals surface area contributed by atoms with E-state index in [0.717, 1.165) is 270 Å². The van der Waals surface area contributed by atoms with E-state index in [1.54, 1.807) is 70.8 Å². The van der Waals surface area contributed by atoms with E-state index in [9.17, 15) is 62.0 Å². The minimum absolute atomic E-state index is 0. The molecule has 16 aliphatic rings. The Kier molecular flexibility index (Phi) is 39.2. The van der Waals surface area contributed by atoms with Gasteiger partial charge in [-0.2, -0.15) is 3.89 Å². The molecule has 35 atom stereocenters. The minimum Gasteiger partial charge on any atom is -0.390 e. The fourth-order valence-corrected chi connectivity index (χ4v) is 37.6. The third-order valence-corrected chi connectivity index (χ3v) is 47.2. The average Bonchev–Trinajstić information content (AvgIpc) is 1.50. The summed E-state index contributed by atoms with van der Waals surface area (Å²) in [4.78, 5) is 10.9. The van der Waals surface area contributed by atoms with Crippen LogP contribution >= 0.6 is 28.1 Å². The lowest BCUT2D eigenvalue weighted by Gasteiger charge is -2.59. The fraction of sp³-hybridized carbons (Fsp3) is 0.748. The molecule has 0 heterocycles. The van der Waals surface area contributed by atoms with Crippen LogP contribution in [0.15, 0.2) is 148 Å². The maximum atomic E-state index is 13.3. The van der Waals surface area contributed by atoms with Crippen molar-refractivity contribution in [2.24, 2.45) is 162 Å². The molecule has 0 spiro atoms. The van der Waals surface area contributed by atoms with Gasteiger partial charge < -0.3 is 40.5 Å². The third kappa shape index (κ3) is 24.0. The Morgan fingerprint density at radius 3 is 0.747 bits per heavy atom. The summed E-state index contributed by atoms with van der Waals surface area (Å²) in [5.41, 5.74) is 9.76. The second-order valence-electron chi connectivity index (χ2n) is 53.1. The first kappa shape index (κ1) is 119. The van der Waals surface area contributed by atoms with Crippen molar-refractivity contribution in [1.29, 1.82) is 0 Å². The number of rotatable bonds is 23. The molecule has 20 rings (SSSR count). The summed E-state index contributed by atoms with van der Waals surface area (Å²) in [6, 6.07) is 25.1. The first-order valence-corrected chi connectivity index (χ1v) is 60.2. The highest BCUT2D eigenvalue weighted by molar-refractivity contribution is 9.10. The Morgan fingerprint density at radius 2 is 0.541 bits per heavy atom. The van der Waals surface area contributed by atoms with Gasteiger partial charge in [-0.1, -0.05) is 225 Å². The monoisotopic (exact) mass is 2110 g/mol. The molecular formula is C131H198BrF5O8S. The summed E-state index contributed by atoms with van der Waals surface area (Å²) in [5, 5.41) is 76.1. The quantitative estimate of drug-likeness (QED) is 0.0218. The van der Waals surface area contributed by atoms with E-state index in [0.29, 0.717) is 50.7 Å². The van der Waals surface area contributed by atoms with Gasteiger partial charge in [-0.15, -0.1) is 0 Å². The Balaban J connectivity index is 0.000000157. The maximum Gasteiger partial charge on any atom is 0.123 e. The second-order valence-corrected chi connectivity index (χ2v) is 54.4. The van der Waals surface area contributed by atoms with Crippen LogP contribution in [0, 0.1) is 185 Å². The lowest BCUT2D eigenvalue weighted by Crippen LogP contribution is -2.52. The van der Waals surface area contributed by atoms with Crippen LogP contribution < -0.4 is 0 Å². The Bertz CT molecular complexity index is 4640. The van der Waals surface area contributed by atoms with E-state index in [1.807, 2.05) is 0 Å². The molecular weight excluding hydrogens is 1910 g/mol. The smallest absolute Gasteiger partial charge is 0.123 e. The van der Waals surface area contributed by atoms with Crippen molar-refractivity contribution < 1.29 is 62.0 Å². The van der Waals surface area contributed by atoms with Crippen LogP contribution in [0.2, 0.25) is 0 Å². The van der Waals surface area contributed by atoms with Crippen molar-refractivity contribution in [1.82, 2.24) is 0 Å². The van der Waals surface area contributed by atoms with Crippen molar-refractivity contribution >= 4 is 34.4 Å². The van der Waals surface area contributed by atoms with Crippen LogP contribution in [0.4, 0.5) is 21.4 Å². The van der Waals surface area contributed by atoms with Crippen molar-refractivity contribution in [3.63, 3.8) is 0 Å². The van der Waals surface area contributed by atoms with Crippen LogP contribution in [-0.2, 0) is 4.79 Å². The van der Waals surface area contributed by atoms with Crippen molar-refractivity contribution in [2.75, 3.05) is 6.26 Å². The number of fused-ring (bicyclic) bond motifs is 20. The summed E-state index contributed by atoms with van der Waals surface area (Å²) in [6.45, 7) is 38.7. The molecule has 0 bridgehead atoms. The van der Waals surface area contributed by atoms with Crippen LogP contribution in [0.1, 0.15) is 443 Å². The van der Waals surface area contributed by atoms with Gasteiger partial charge >= 0.3 is 0 Å². The van der Waals surface area contributed by atoms with Crippen LogP contribution in [0.3, 0.4) is 0 Å². The van der Waals surface area contributed by atoms with E-state index < -0.39 is 40.7 Å². The predicted octanol–water partition coefficient (Wildman–Crippen LogP) is 35.4. The Morgan fingerprint density at radius 1 is 0.329 bits per heavy atom.